The Morgan fingerprint density at radius 2 is 2.12 bits per heavy atom. The Morgan fingerprint density at radius 1 is 1.44 bits per heavy atom. The predicted molar refractivity (Wildman–Crippen MR) is 59.8 cm³/mol. The van der Waals surface area contributed by atoms with Gasteiger partial charge in [0, 0.05) is 10.0 Å². The molecule has 0 spiro atoms. The van der Waals surface area contributed by atoms with Gasteiger partial charge < -0.3 is 9.47 Å². The number of fused-ring (bicyclic) bond motifs is 1. The monoisotopic (exact) mass is 281 g/mol. The van der Waals surface area contributed by atoms with Crippen LogP contribution in [0.3, 0.4) is 0 Å². The van der Waals surface area contributed by atoms with Crippen molar-refractivity contribution in [2.45, 2.75) is 6.42 Å². The molecule has 0 unspecified atom stereocenters. The zero-order chi connectivity index (χ0) is 11.5. The molecule has 0 aromatic heterocycles. The first-order chi connectivity index (χ1) is 7.77. The molecule has 5 heteroatoms. The number of ether oxygens (including phenoxy) is 2. The second kappa shape index (κ2) is 4.54. The zero-order valence-electron chi connectivity index (χ0n) is 8.33. The maximum atomic E-state index is 10.9. The first kappa shape index (κ1) is 11.0. The van der Waals surface area contributed by atoms with Gasteiger partial charge in [-0.1, -0.05) is 15.9 Å². The van der Waals surface area contributed by atoms with Crippen molar-refractivity contribution in [1.82, 2.24) is 0 Å². The lowest BCUT2D eigenvalue weighted by molar-refractivity contribution is 0.111. The molecule has 1 aliphatic rings. The molecular weight excluding hydrogens is 274 g/mol. The molecule has 1 aromatic rings. The molecule has 1 aliphatic heterocycles. The Morgan fingerprint density at radius 3 is 2.75 bits per heavy atom. The number of nitrogens with zero attached hydrogens (tertiary/aromatic N) is 1. The van der Waals surface area contributed by atoms with Crippen LogP contribution < -0.4 is 9.47 Å². The van der Waals surface area contributed by atoms with Gasteiger partial charge in [-0.25, -0.2) is 0 Å². The number of rotatable bonds is 2. The zero-order valence-corrected chi connectivity index (χ0v) is 9.91. The molecule has 2 rings (SSSR count). The van der Waals surface area contributed by atoms with Gasteiger partial charge in [-0.2, -0.15) is 5.26 Å². The molecule has 0 aliphatic carbocycles. The molecule has 0 saturated carbocycles. The summed E-state index contributed by atoms with van der Waals surface area (Å²) in [4.78, 5) is 10.9. The fraction of sp³-hybridized carbons (Fsp3) is 0.273. The van der Waals surface area contributed by atoms with Crippen LogP contribution in [0.15, 0.2) is 10.5 Å². The smallest absolute Gasteiger partial charge is 0.172 e. The van der Waals surface area contributed by atoms with Gasteiger partial charge in [-0.05, 0) is 6.07 Å². The van der Waals surface area contributed by atoms with E-state index in [9.17, 15) is 4.79 Å². The van der Waals surface area contributed by atoms with E-state index in [1.54, 1.807) is 6.07 Å². The number of aldehydes is 1. The Balaban J connectivity index is 2.63. The largest absolute Gasteiger partial charge is 0.486 e. The summed E-state index contributed by atoms with van der Waals surface area (Å²) in [5.41, 5.74) is 1.16. The van der Waals surface area contributed by atoms with Crippen LogP contribution in [0.4, 0.5) is 0 Å². The van der Waals surface area contributed by atoms with Gasteiger partial charge in [0.2, 0.25) is 0 Å². The maximum Gasteiger partial charge on any atom is 0.172 e. The molecule has 0 fully saturated rings. The molecule has 82 valence electrons. The summed E-state index contributed by atoms with van der Waals surface area (Å²) >= 11 is 3.32. The van der Waals surface area contributed by atoms with Crippen LogP contribution in [0, 0.1) is 11.3 Å². The fourth-order valence-electron chi connectivity index (χ4n) is 1.59. The first-order valence-corrected chi connectivity index (χ1v) is 5.50. The molecule has 4 nitrogen and oxygen atoms in total. The highest BCUT2D eigenvalue weighted by molar-refractivity contribution is 9.10. The Hall–Kier alpha value is -1.54. The van der Waals surface area contributed by atoms with Gasteiger partial charge in [-0.3, -0.25) is 4.79 Å². The van der Waals surface area contributed by atoms with E-state index in [0.717, 1.165) is 5.56 Å². The minimum atomic E-state index is 0.214. The topological polar surface area (TPSA) is 59.3 Å². The van der Waals surface area contributed by atoms with E-state index in [0.29, 0.717) is 41.0 Å². The van der Waals surface area contributed by atoms with E-state index in [4.69, 9.17) is 14.7 Å². The third kappa shape index (κ3) is 1.76. The van der Waals surface area contributed by atoms with E-state index in [-0.39, 0.29) is 6.42 Å². The van der Waals surface area contributed by atoms with Gasteiger partial charge in [0.05, 0.1) is 18.1 Å². The average Bonchev–Trinajstić information content (AvgIpc) is 2.32. The van der Waals surface area contributed by atoms with E-state index in [1.165, 1.54) is 0 Å². The van der Waals surface area contributed by atoms with Crippen LogP contribution >= 0.6 is 15.9 Å². The summed E-state index contributed by atoms with van der Waals surface area (Å²) in [6, 6.07) is 3.70. The van der Waals surface area contributed by atoms with E-state index in [2.05, 4.69) is 22.0 Å². The summed E-state index contributed by atoms with van der Waals surface area (Å²) in [5, 5.41) is 8.74. The lowest BCUT2D eigenvalue weighted by atomic mass is 10.1. The lowest BCUT2D eigenvalue weighted by Crippen LogP contribution is -2.18. The van der Waals surface area contributed by atoms with Crippen LogP contribution in [0.25, 0.3) is 0 Å². The maximum absolute atomic E-state index is 10.9. The summed E-state index contributed by atoms with van der Waals surface area (Å²) in [7, 11) is 0. The molecule has 0 N–H and O–H groups in total. The highest BCUT2D eigenvalue weighted by Crippen LogP contribution is 2.40. The Bertz CT molecular complexity index is 479. The van der Waals surface area contributed by atoms with Crippen molar-refractivity contribution < 1.29 is 14.3 Å². The molecule has 1 aromatic carbocycles. The van der Waals surface area contributed by atoms with Crippen LogP contribution in [0.2, 0.25) is 0 Å². The van der Waals surface area contributed by atoms with Gasteiger partial charge in [0.15, 0.2) is 17.8 Å². The SMILES string of the molecule is N#CCc1c(Br)cc(C=O)c2c1OCCO2. The van der Waals surface area contributed by atoms with Crippen molar-refractivity contribution in [2.24, 2.45) is 0 Å². The third-order valence-electron chi connectivity index (χ3n) is 2.27. The molecule has 1 heterocycles. The lowest BCUT2D eigenvalue weighted by Gasteiger charge is -2.22. The second-order valence-electron chi connectivity index (χ2n) is 3.23. The molecule has 0 radical (unpaired) electrons. The van der Waals surface area contributed by atoms with Gasteiger partial charge >= 0.3 is 0 Å². The van der Waals surface area contributed by atoms with Gasteiger partial charge in [0.25, 0.3) is 0 Å². The number of carbonyl (C=O) groups excluding carboxylic acids is 1. The molecule has 0 saturated heterocycles. The number of benzene rings is 1. The minimum Gasteiger partial charge on any atom is -0.486 e. The normalized spacial score (nSPS) is 13.0. The van der Waals surface area contributed by atoms with Crippen LogP contribution in [-0.2, 0) is 6.42 Å². The number of halogens is 1. The molecule has 0 amide bonds. The van der Waals surface area contributed by atoms with Crippen molar-refractivity contribution >= 4 is 22.2 Å². The van der Waals surface area contributed by atoms with E-state index >= 15 is 0 Å². The third-order valence-corrected chi connectivity index (χ3v) is 2.98. The highest BCUT2D eigenvalue weighted by Gasteiger charge is 2.22. The molecule has 0 bridgehead atoms. The van der Waals surface area contributed by atoms with Crippen LogP contribution in [-0.4, -0.2) is 19.5 Å². The number of hydrogen-bond acceptors (Lipinski definition) is 4. The van der Waals surface area contributed by atoms with Crippen molar-refractivity contribution in [2.75, 3.05) is 13.2 Å². The highest BCUT2D eigenvalue weighted by atomic mass is 79.9. The van der Waals surface area contributed by atoms with E-state index in [1.807, 2.05) is 0 Å². The molecule has 16 heavy (non-hydrogen) atoms. The number of nitriles is 1. The van der Waals surface area contributed by atoms with Crippen molar-refractivity contribution in [3.8, 4) is 17.6 Å². The first-order valence-electron chi connectivity index (χ1n) is 4.71. The van der Waals surface area contributed by atoms with Crippen LogP contribution in [0.1, 0.15) is 15.9 Å². The predicted octanol–water partition coefficient (Wildman–Crippen LogP) is 2.10. The van der Waals surface area contributed by atoms with Crippen LogP contribution in [0.5, 0.6) is 11.5 Å². The quantitative estimate of drug-likeness (QED) is 0.779. The van der Waals surface area contributed by atoms with Crippen molar-refractivity contribution in [1.29, 1.82) is 5.26 Å². The summed E-state index contributed by atoms with van der Waals surface area (Å²) in [6.07, 6.45) is 0.930. The molecular formula is C11H8BrNO3. The summed E-state index contributed by atoms with van der Waals surface area (Å²) < 4.78 is 11.6. The van der Waals surface area contributed by atoms with Gasteiger partial charge in [-0.15, -0.1) is 0 Å². The second-order valence-corrected chi connectivity index (χ2v) is 4.09. The minimum absolute atomic E-state index is 0.214. The van der Waals surface area contributed by atoms with Crippen molar-refractivity contribution in [3.63, 3.8) is 0 Å². The molecule has 0 atom stereocenters. The summed E-state index contributed by atoms with van der Waals surface area (Å²) in [5.74, 6) is 0.943. The summed E-state index contributed by atoms with van der Waals surface area (Å²) in [6.45, 7) is 0.849. The standard InChI is InChI=1S/C11H8BrNO3/c12-9-5-7(6-14)10-11(8(9)1-2-13)16-4-3-15-10/h5-6H,1,3-4H2. The van der Waals surface area contributed by atoms with Crippen molar-refractivity contribution in [3.05, 3.63) is 21.7 Å². The van der Waals surface area contributed by atoms with E-state index < -0.39 is 0 Å². The number of carbonyl (C=O) groups is 1. The average molecular weight is 282 g/mol. The van der Waals surface area contributed by atoms with Gasteiger partial charge in [0.1, 0.15) is 13.2 Å². The Kier molecular flexibility index (Phi) is 3.11. The Labute approximate surface area is 101 Å². The fourth-order valence-corrected chi connectivity index (χ4v) is 2.15. The number of hydrogen-bond donors (Lipinski definition) is 0.